The average molecular weight is 295 g/mol. The van der Waals surface area contributed by atoms with Crippen LogP contribution in [-0.4, -0.2) is 5.11 Å². The summed E-state index contributed by atoms with van der Waals surface area (Å²) >= 11 is 6.21. The lowest BCUT2D eigenvalue weighted by Gasteiger charge is -2.21. The highest BCUT2D eigenvalue weighted by Gasteiger charge is 2.36. The quantitative estimate of drug-likeness (QED) is 0.580. The normalized spacial score (nSPS) is 15.0. The summed E-state index contributed by atoms with van der Waals surface area (Å²) in [5.41, 5.74) is 4.68. The first-order chi connectivity index (χ1) is 10.00. The standard InChI is InChI=1S/C19H15ClO/c1-19(2)14-9-7-12(20)10-13(14)18-15(19)8-6-11-4-3-5-16(21)17(11)18/h3-10,21H,1-2H3. The molecule has 1 aliphatic carbocycles. The van der Waals surface area contributed by atoms with Gasteiger partial charge in [0.05, 0.1) is 0 Å². The first-order valence-corrected chi connectivity index (χ1v) is 7.43. The Labute approximate surface area is 128 Å². The second kappa shape index (κ2) is 4.02. The molecule has 0 aromatic heterocycles. The SMILES string of the molecule is CC1(C)c2ccc(Cl)cc2-c2c1ccc1cccc(O)c21. The van der Waals surface area contributed by atoms with Crippen LogP contribution in [0.1, 0.15) is 25.0 Å². The van der Waals surface area contributed by atoms with Gasteiger partial charge in [0, 0.05) is 15.8 Å². The third-order valence-corrected chi connectivity index (χ3v) is 4.86. The summed E-state index contributed by atoms with van der Waals surface area (Å²) in [6.07, 6.45) is 0. The van der Waals surface area contributed by atoms with Gasteiger partial charge in [-0.2, -0.15) is 0 Å². The van der Waals surface area contributed by atoms with E-state index in [2.05, 4.69) is 32.0 Å². The lowest BCUT2D eigenvalue weighted by atomic mass is 9.82. The van der Waals surface area contributed by atoms with E-state index < -0.39 is 0 Å². The van der Waals surface area contributed by atoms with E-state index >= 15 is 0 Å². The molecule has 2 heteroatoms. The van der Waals surface area contributed by atoms with E-state index in [0.717, 1.165) is 26.9 Å². The minimum absolute atomic E-state index is 0.0777. The van der Waals surface area contributed by atoms with Gasteiger partial charge in [0.2, 0.25) is 0 Å². The Balaban J connectivity index is 2.24. The van der Waals surface area contributed by atoms with Crippen molar-refractivity contribution in [2.45, 2.75) is 19.3 Å². The number of fused-ring (bicyclic) bond motifs is 5. The van der Waals surface area contributed by atoms with E-state index in [9.17, 15) is 5.11 Å². The molecule has 0 bridgehead atoms. The van der Waals surface area contributed by atoms with Crippen molar-refractivity contribution in [3.63, 3.8) is 0 Å². The zero-order valence-electron chi connectivity index (χ0n) is 11.9. The zero-order chi connectivity index (χ0) is 14.8. The van der Waals surface area contributed by atoms with E-state index in [-0.39, 0.29) is 5.41 Å². The molecular formula is C19H15ClO. The number of phenolic OH excluding ortho intramolecular Hbond substituents is 1. The minimum atomic E-state index is -0.0777. The summed E-state index contributed by atoms with van der Waals surface area (Å²) in [6.45, 7) is 4.44. The molecule has 0 heterocycles. The molecule has 1 nitrogen and oxygen atoms in total. The molecule has 4 rings (SSSR count). The van der Waals surface area contributed by atoms with Gasteiger partial charge < -0.3 is 5.11 Å². The molecule has 0 fully saturated rings. The maximum Gasteiger partial charge on any atom is 0.124 e. The smallest absolute Gasteiger partial charge is 0.124 e. The van der Waals surface area contributed by atoms with Crippen molar-refractivity contribution in [2.24, 2.45) is 0 Å². The second-order valence-corrected chi connectivity index (χ2v) is 6.61. The Morgan fingerprint density at radius 3 is 2.52 bits per heavy atom. The number of phenols is 1. The van der Waals surface area contributed by atoms with Gasteiger partial charge in [0.25, 0.3) is 0 Å². The predicted octanol–water partition coefficient (Wildman–Crippen LogP) is 5.51. The van der Waals surface area contributed by atoms with Gasteiger partial charge in [-0.05, 0) is 45.8 Å². The second-order valence-electron chi connectivity index (χ2n) is 6.18. The molecule has 0 saturated heterocycles. The minimum Gasteiger partial charge on any atom is -0.507 e. The number of halogens is 1. The summed E-state index contributed by atoms with van der Waals surface area (Å²) in [5.74, 6) is 0.327. The Morgan fingerprint density at radius 1 is 0.952 bits per heavy atom. The third kappa shape index (κ3) is 1.58. The van der Waals surface area contributed by atoms with Crippen LogP contribution in [0.3, 0.4) is 0 Å². The fourth-order valence-corrected chi connectivity index (χ4v) is 3.75. The first kappa shape index (κ1) is 12.7. The fraction of sp³-hybridized carbons (Fsp3) is 0.158. The van der Waals surface area contributed by atoms with Gasteiger partial charge >= 0.3 is 0 Å². The van der Waals surface area contributed by atoms with E-state index in [1.165, 1.54) is 11.1 Å². The summed E-state index contributed by atoms with van der Waals surface area (Å²) in [6, 6.07) is 16.0. The predicted molar refractivity (Wildman–Crippen MR) is 88.2 cm³/mol. The number of hydrogen-bond donors (Lipinski definition) is 1. The summed E-state index contributed by atoms with van der Waals surface area (Å²) < 4.78 is 0. The Bertz CT molecular complexity index is 893. The molecule has 0 aliphatic heterocycles. The molecule has 0 radical (unpaired) electrons. The number of hydrogen-bond acceptors (Lipinski definition) is 1. The Hall–Kier alpha value is -1.99. The lowest BCUT2D eigenvalue weighted by Crippen LogP contribution is -2.14. The highest BCUT2D eigenvalue weighted by molar-refractivity contribution is 6.31. The maximum atomic E-state index is 10.4. The first-order valence-electron chi connectivity index (χ1n) is 7.06. The van der Waals surface area contributed by atoms with Gasteiger partial charge in [-0.15, -0.1) is 0 Å². The summed E-state index contributed by atoms with van der Waals surface area (Å²) in [7, 11) is 0. The van der Waals surface area contributed by atoms with Crippen molar-refractivity contribution in [1.29, 1.82) is 0 Å². The van der Waals surface area contributed by atoms with E-state index in [4.69, 9.17) is 11.6 Å². The van der Waals surface area contributed by atoms with Crippen LogP contribution in [0.5, 0.6) is 5.75 Å². The maximum absolute atomic E-state index is 10.4. The number of benzene rings is 3. The van der Waals surface area contributed by atoms with Crippen LogP contribution in [0.15, 0.2) is 48.5 Å². The van der Waals surface area contributed by atoms with Crippen LogP contribution in [0.25, 0.3) is 21.9 Å². The molecule has 0 amide bonds. The monoisotopic (exact) mass is 294 g/mol. The fourth-order valence-electron chi connectivity index (χ4n) is 3.57. The number of rotatable bonds is 0. The molecular weight excluding hydrogens is 280 g/mol. The van der Waals surface area contributed by atoms with Crippen molar-refractivity contribution in [3.8, 4) is 16.9 Å². The highest BCUT2D eigenvalue weighted by Crippen LogP contribution is 2.53. The molecule has 1 N–H and O–H groups in total. The van der Waals surface area contributed by atoms with Crippen LogP contribution in [0.4, 0.5) is 0 Å². The molecule has 0 saturated carbocycles. The van der Waals surface area contributed by atoms with Crippen molar-refractivity contribution < 1.29 is 5.11 Å². The molecule has 0 atom stereocenters. The van der Waals surface area contributed by atoms with E-state index in [1.54, 1.807) is 6.07 Å². The Kier molecular flexibility index (Phi) is 2.44. The molecule has 104 valence electrons. The molecule has 3 aromatic rings. The topological polar surface area (TPSA) is 20.2 Å². The van der Waals surface area contributed by atoms with Gasteiger partial charge in [-0.1, -0.05) is 55.8 Å². The third-order valence-electron chi connectivity index (χ3n) is 4.62. The number of aromatic hydroxyl groups is 1. The van der Waals surface area contributed by atoms with Gasteiger partial charge in [-0.3, -0.25) is 0 Å². The van der Waals surface area contributed by atoms with E-state index in [1.807, 2.05) is 24.3 Å². The van der Waals surface area contributed by atoms with Crippen molar-refractivity contribution in [1.82, 2.24) is 0 Å². The van der Waals surface area contributed by atoms with Crippen LogP contribution < -0.4 is 0 Å². The summed E-state index contributed by atoms with van der Waals surface area (Å²) in [4.78, 5) is 0. The van der Waals surface area contributed by atoms with Crippen LogP contribution in [0, 0.1) is 0 Å². The van der Waals surface area contributed by atoms with Gasteiger partial charge in [-0.25, -0.2) is 0 Å². The zero-order valence-corrected chi connectivity index (χ0v) is 12.7. The van der Waals surface area contributed by atoms with Crippen molar-refractivity contribution >= 4 is 22.4 Å². The lowest BCUT2D eigenvalue weighted by molar-refractivity contribution is 0.482. The highest BCUT2D eigenvalue weighted by atomic mass is 35.5. The molecule has 0 unspecified atom stereocenters. The molecule has 21 heavy (non-hydrogen) atoms. The average Bonchev–Trinajstić information content (AvgIpc) is 2.67. The van der Waals surface area contributed by atoms with Crippen LogP contribution in [0.2, 0.25) is 5.02 Å². The largest absolute Gasteiger partial charge is 0.507 e. The molecule has 0 spiro atoms. The molecule has 3 aromatic carbocycles. The Morgan fingerprint density at radius 2 is 1.71 bits per heavy atom. The van der Waals surface area contributed by atoms with Crippen molar-refractivity contribution in [3.05, 3.63) is 64.7 Å². The van der Waals surface area contributed by atoms with Crippen molar-refractivity contribution in [2.75, 3.05) is 0 Å². The van der Waals surface area contributed by atoms with Crippen LogP contribution >= 0.6 is 11.6 Å². The van der Waals surface area contributed by atoms with Crippen LogP contribution in [-0.2, 0) is 5.41 Å². The molecule has 1 aliphatic rings. The van der Waals surface area contributed by atoms with Gasteiger partial charge in [0.1, 0.15) is 5.75 Å². The summed E-state index contributed by atoms with van der Waals surface area (Å²) in [5, 5.41) is 13.1. The van der Waals surface area contributed by atoms with E-state index in [0.29, 0.717) is 5.75 Å². The van der Waals surface area contributed by atoms with Gasteiger partial charge in [0.15, 0.2) is 0 Å².